The molecular weight excluding hydrogens is 390 g/mol. The summed E-state index contributed by atoms with van der Waals surface area (Å²) in [4.78, 5) is 38.5. The first-order valence-electron chi connectivity index (χ1n) is 7.94. The number of nitrogens with zero attached hydrogens (tertiary/aromatic N) is 1. The van der Waals surface area contributed by atoms with Crippen molar-refractivity contribution < 1.29 is 19.1 Å². The largest absolute Gasteiger partial charge is 0.444 e. The van der Waals surface area contributed by atoms with Gasteiger partial charge in [0.25, 0.3) is 0 Å². The SMILES string of the molecule is CC(C)(C)OC(=O)N1C[C@]2(C[C@H]1C(N)=O)C(=O)Nc1ccc(Br)cc12. The van der Waals surface area contributed by atoms with E-state index < -0.39 is 29.1 Å². The summed E-state index contributed by atoms with van der Waals surface area (Å²) in [5.41, 5.74) is 5.22. The summed E-state index contributed by atoms with van der Waals surface area (Å²) in [5, 5.41) is 2.83. The molecule has 134 valence electrons. The van der Waals surface area contributed by atoms with E-state index in [0.717, 1.165) is 10.0 Å². The van der Waals surface area contributed by atoms with Gasteiger partial charge in [-0.25, -0.2) is 4.79 Å². The lowest BCUT2D eigenvalue weighted by Gasteiger charge is -2.27. The van der Waals surface area contributed by atoms with Crippen LogP contribution in [0, 0.1) is 0 Å². The molecule has 0 unspecified atom stereocenters. The molecule has 0 saturated carbocycles. The minimum absolute atomic E-state index is 0.0464. The van der Waals surface area contributed by atoms with Crippen molar-refractivity contribution in [3.05, 3.63) is 28.2 Å². The summed E-state index contributed by atoms with van der Waals surface area (Å²) in [6.07, 6.45) is -0.513. The van der Waals surface area contributed by atoms with E-state index in [2.05, 4.69) is 21.2 Å². The molecule has 7 nitrogen and oxygen atoms in total. The maximum absolute atomic E-state index is 12.7. The lowest BCUT2D eigenvalue weighted by molar-refractivity contribution is -0.122. The highest BCUT2D eigenvalue weighted by Gasteiger charge is 2.57. The van der Waals surface area contributed by atoms with Crippen LogP contribution in [-0.4, -0.2) is 41.0 Å². The second-order valence-corrected chi connectivity index (χ2v) is 8.37. The van der Waals surface area contributed by atoms with E-state index in [-0.39, 0.29) is 18.9 Å². The maximum atomic E-state index is 12.7. The number of hydrogen-bond donors (Lipinski definition) is 2. The number of hydrogen-bond acceptors (Lipinski definition) is 4. The molecule has 0 aromatic heterocycles. The number of carbonyl (C=O) groups excluding carboxylic acids is 3. The van der Waals surface area contributed by atoms with Gasteiger partial charge in [-0.2, -0.15) is 0 Å². The van der Waals surface area contributed by atoms with Gasteiger partial charge in [0.15, 0.2) is 0 Å². The first-order valence-corrected chi connectivity index (χ1v) is 8.73. The fourth-order valence-corrected chi connectivity index (χ4v) is 3.78. The van der Waals surface area contributed by atoms with E-state index >= 15 is 0 Å². The Kier molecular flexibility index (Phi) is 4.06. The Morgan fingerprint density at radius 2 is 2.08 bits per heavy atom. The number of rotatable bonds is 1. The van der Waals surface area contributed by atoms with Gasteiger partial charge < -0.3 is 15.8 Å². The van der Waals surface area contributed by atoms with Gasteiger partial charge in [0.1, 0.15) is 11.6 Å². The van der Waals surface area contributed by atoms with Crippen LogP contribution in [0.5, 0.6) is 0 Å². The van der Waals surface area contributed by atoms with Gasteiger partial charge in [-0.05, 0) is 51.0 Å². The molecule has 25 heavy (non-hydrogen) atoms. The number of carbonyl (C=O) groups is 3. The molecule has 1 spiro atoms. The van der Waals surface area contributed by atoms with Crippen LogP contribution in [0.15, 0.2) is 22.7 Å². The van der Waals surface area contributed by atoms with Crippen LogP contribution >= 0.6 is 15.9 Å². The summed E-state index contributed by atoms with van der Waals surface area (Å²) in [6, 6.07) is 4.56. The molecule has 2 aliphatic rings. The summed E-state index contributed by atoms with van der Waals surface area (Å²) in [5.74, 6) is -0.892. The molecule has 3 rings (SSSR count). The summed E-state index contributed by atoms with van der Waals surface area (Å²) >= 11 is 3.41. The monoisotopic (exact) mass is 409 g/mol. The van der Waals surface area contributed by atoms with Crippen LogP contribution in [-0.2, 0) is 19.7 Å². The van der Waals surface area contributed by atoms with Crippen molar-refractivity contribution in [1.29, 1.82) is 0 Å². The fourth-order valence-electron chi connectivity index (χ4n) is 3.42. The van der Waals surface area contributed by atoms with Crippen molar-refractivity contribution >= 4 is 39.5 Å². The van der Waals surface area contributed by atoms with Gasteiger partial charge in [0, 0.05) is 16.7 Å². The van der Waals surface area contributed by atoms with Gasteiger partial charge in [0.2, 0.25) is 11.8 Å². The Morgan fingerprint density at radius 3 is 2.68 bits per heavy atom. The van der Waals surface area contributed by atoms with Crippen LogP contribution in [0.4, 0.5) is 10.5 Å². The number of nitrogens with one attached hydrogen (secondary N) is 1. The quantitative estimate of drug-likeness (QED) is 0.741. The summed E-state index contributed by atoms with van der Waals surface area (Å²) < 4.78 is 6.20. The smallest absolute Gasteiger partial charge is 0.411 e. The number of likely N-dealkylation sites (tertiary alicyclic amines) is 1. The Labute approximate surface area is 154 Å². The van der Waals surface area contributed by atoms with Gasteiger partial charge in [-0.15, -0.1) is 0 Å². The molecule has 8 heteroatoms. The van der Waals surface area contributed by atoms with Gasteiger partial charge in [-0.3, -0.25) is 14.5 Å². The molecule has 1 saturated heterocycles. The Hall–Kier alpha value is -2.09. The minimum atomic E-state index is -1.00. The topological polar surface area (TPSA) is 102 Å². The second kappa shape index (κ2) is 5.72. The number of fused-ring (bicyclic) bond motifs is 2. The first kappa shape index (κ1) is 17.7. The van der Waals surface area contributed by atoms with Crippen LogP contribution < -0.4 is 11.1 Å². The molecule has 1 fully saturated rings. The van der Waals surface area contributed by atoms with Gasteiger partial charge >= 0.3 is 6.09 Å². The Bertz CT molecular complexity index is 774. The van der Waals surface area contributed by atoms with Crippen LogP contribution in [0.25, 0.3) is 0 Å². The van der Waals surface area contributed by atoms with E-state index in [0.29, 0.717) is 5.69 Å². The third kappa shape index (κ3) is 2.99. The van der Waals surface area contributed by atoms with Crippen molar-refractivity contribution in [2.75, 3.05) is 11.9 Å². The average molecular weight is 410 g/mol. The maximum Gasteiger partial charge on any atom is 0.411 e. The molecular formula is C17H20BrN3O4. The molecule has 3 N–H and O–H groups in total. The van der Waals surface area contributed by atoms with E-state index in [9.17, 15) is 14.4 Å². The molecule has 2 heterocycles. The van der Waals surface area contributed by atoms with Crippen molar-refractivity contribution in [3.8, 4) is 0 Å². The number of ether oxygens (including phenoxy) is 1. The van der Waals surface area contributed by atoms with Crippen LogP contribution in [0.1, 0.15) is 32.8 Å². The third-order valence-corrected chi connectivity index (χ3v) is 4.99. The van der Waals surface area contributed by atoms with E-state index in [4.69, 9.17) is 10.5 Å². The number of nitrogens with two attached hydrogens (primary N) is 1. The second-order valence-electron chi connectivity index (χ2n) is 7.46. The number of benzene rings is 1. The predicted octanol–water partition coefficient (Wildman–Crippen LogP) is 2.13. The molecule has 2 atom stereocenters. The highest BCUT2D eigenvalue weighted by atomic mass is 79.9. The molecule has 0 radical (unpaired) electrons. The minimum Gasteiger partial charge on any atom is -0.444 e. The highest BCUT2D eigenvalue weighted by molar-refractivity contribution is 9.10. The number of primary amides is 1. The standard InChI is InChI=1S/C17H20BrN3O4/c1-16(2,3)25-15(24)21-8-17(7-12(21)13(19)22)10-6-9(18)4-5-11(10)20-14(17)23/h4-6,12H,7-8H2,1-3H3,(H2,19,22)(H,20,23)/t12-,17-/m0/s1. The summed E-state index contributed by atoms with van der Waals surface area (Å²) in [7, 11) is 0. The molecule has 1 aromatic carbocycles. The zero-order valence-corrected chi connectivity index (χ0v) is 15.8. The number of amides is 3. The normalized spacial score (nSPS) is 25.0. The lowest BCUT2D eigenvalue weighted by atomic mass is 9.79. The third-order valence-electron chi connectivity index (χ3n) is 4.49. The van der Waals surface area contributed by atoms with E-state index in [1.807, 2.05) is 12.1 Å². The highest BCUT2D eigenvalue weighted by Crippen LogP contribution is 2.47. The van der Waals surface area contributed by atoms with Gasteiger partial charge in [0.05, 0.1) is 5.41 Å². The Morgan fingerprint density at radius 1 is 1.40 bits per heavy atom. The first-order chi connectivity index (χ1) is 11.5. The number of anilines is 1. The van der Waals surface area contributed by atoms with Crippen LogP contribution in [0.2, 0.25) is 0 Å². The van der Waals surface area contributed by atoms with E-state index in [1.54, 1.807) is 26.8 Å². The molecule has 0 bridgehead atoms. The number of halogens is 1. The average Bonchev–Trinajstić information content (AvgIpc) is 3.00. The molecule has 0 aliphatic carbocycles. The predicted molar refractivity (Wildman–Crippen MR) is 95.0 cm³/mol. The zero-order valence-electron chi connectivity index (χ0n) is 14.3. The lowest BCUT2D eigenvalue weighted by Crippen LogP contribution is -2.46. The molecule has 1 aromatic rings. The van der Waals surface area contributed by atoms with Gasteiger partial charge in [-0.1, -0.05) is 15.9 Å². The van der Waals surface area contributed by atoms with Crippen molar-refractivity contribution in [2.24, 2.45) is 5.73 Å². The van der Waals surface area contributed by atoms with Crippen molar-refractivity contribution in [2.45, 2.75) is 44.2 Å². The van der Waals surface area contributed by atoms with E-state index in [1.165, 1.54) is 4.90 Å². The van der Waals surface area contributed by atoms with Crippen LogP contribution in [0.3, 0.4) is 0 Å². The van der Waals surface area contributed by atoms with Crippen molar-refractivity contribution in [3.63, 3.8) is 0 Å². The zero-order chi connectivity index (χ0) is 18.6. The fraction of sp³-hybridized carbons (Fsp3) is 0.471. The Balaban J connectivity index is 2.01. The summed E-state index contributed by atoms with van der Waals surface area (Å²) in [6.45, 7) is 5.27. The molecule has 3 amide bonds. The molecule has 2 aliphatic heterocycles. The van der Waals surface area contributed by atoms with Crippen molar-refractivity contribution in [1.82, 2.24) is 4.90 Å².